The average molecular weight is 309 g/mol. The molecule has 0 saturated carbocycles. The van der Waals surface area contributed by atoms with Gasteiger partial charge in [-0.25, -0.2) is 0 Å². The van der Waals surface area contributed by atoms with Gasteiger partial charge >= 0.3 is 0 Å². The lowest BCUT2D eigenvalue weighted by Gasteiger charge is -2.18. The van der Waals surface area contributed by atoms with Gasteiger partial charge in [0.1, 0.15) is 5.69 Å². The smallest absolute Gasteiger partial charge is 0.272 e. The molecule has 0 bridgehead atoms. The van der Waals surface area contributed by atoms with Gasteiger partial charge in [0.05, 0.1) is 6.61 Å². The van der Waals surface area contributed by atoms with Crippen LogP contribution in [0.5, 0.6) is 0 Å². The molecule has 5 heteroatoms. The van der Waals surface area contributed by atoms with E-state index in [1.807, 2.05) is 66.5 Å². The first-order valence-corrected chi connectivity index (χ1v) is 7.48. The summed E-state index contributed by atoms with van der Waals surface area (Å²) in [5, 5.41) is 12.8. The fourth-order valence-corrected chi connectivity index (χ4v) is 2.47. The Morgan fingerprint density at radius 2 is 1.91 bits per heavy atom. The number of nitrogens with zero attached hydrogens (tertiary/aromatic N) is 1. The van der Waals surface area contributed by atoms with Gasteiger partial charge < -0.3 is 20.3 Å². The number of nitrogens with one attached hydrogen (secondary N) is 2. The lowest BCUT2D eigenvalue weighted by atomic mass is 10.2. The van der Waals surface area contributed by atoms with Crippen LogP contribution >= 0.6 is 0 Å². The minimum absolute atomic E-state index is 0.107. The molecule has 0 aliphatic heterocycles. The van der Waals surface area contributed by atoms with E-state index in [4.69, 9.17) is 5.11 Å². The number of hydrogen-bond acceptors (Lipinski definition) is 3. The largest absolute Gasteiger partial charge is 0.395 e. The Balaban J connectivity index is 1.72. The van der Waals surface area contributed by atoms with Crippen LogP contribution in [0.2, 0.25) is 0 Å². The predicted molar refractivity (Wildman–Crippen MR) is 93.0 cm³/mol. The molecule has 1 amide bonds. The number of anilines is 2. The first-order chi connectivity index (χ1) is 11.2. The summed E-state index contributed by atoms with van der Waals surface area (Å²) in [6.45, 7) is 0.677. The second-order valence-electron chi connectivity index (χ2n) is 5.42. The maximum absolute atomic E-state index is 12.3. The first kappa shape index (κ1) is 15.1. The predicted octanol–water partition coefficient (Wildman–Crippen LogP) is 2.85. The van der Waals surface area contributed by atoms with Crippen molar-refractivity contribution < 1.29 is 9.90 Å². The van der Waals surface area contributed by atoms with E-state index >= 15 is 0 Å². The number of aromatic nitrogens is 1. The summed E-state index contributed by atoms with van der Waals surface area (Å²) in [7, 11) is 1.91. The molecule has 0 atom stereocenters. The summed E-state index contributed by atoms with van der Waals surface area (Å²) in [5.41, 5.74) is 3.20. The van der Waals surface area contributed by atoms with E-state index in [0.717, 1.165) is 22.3 Å². The molecule has 0 spiro atoms. The normalized spacial score (nSPS) is 10.7. The number of para-hydroxylation sites is 1. The van der Waals surface area contributed by atoms with Crippen LogP contribution < -0.4 is 10.2 Å². The number of aromatic amines is 1. The summed E-state index contributed by atoms with van der Waals surface area (Å²) in [6.07, 6.45) is 0. The highest BCUT2D eigenvalue weighted by atomic mass is 16.3. The average Bonchev–Trinajstić information content (AvgIpc) is 3.00. The van der Waals surface area contributed by atoms with Crippen LogP contribution in [0.3, 0.4) is 0 Å². The number of benzene rings is 2. The number of rotatable bonds is 5. The highest BCUT2D eigenvalue weighted by Crippen LogP contribution is 2.19. The number of aliphatic hydroxyl groups is 1. The van der Waals surface area contributed by atoms with E-state index in [2.05, 4.69) is 10.3 Å². The molecule has 0 fully saturated rings. The molecule has 0 unspecified atom stereocenters. The van der Waals surface area contributed by atoms with Crippen LogP contribution in [0.4, 0.5) is 11.4 Å². The summed E-state index contributed by atoms with van der Waals surface area (Å²) < 4.78 is 0. The zero-order valence-electron chi connectivity index (χ0n) is 12.9. The van der Waals surface area contributed by atoms with E-state index in [0.29, 0.717) is 12.2 Å². The van der Waals surface area contributed by atoms with Crippen molar-refractivity contribution in [2.45, 2.75) is 0 Å². The molecular weight excluding hydrogens is 290 g/mol. The van der Waals surface area contributed by atoms with Crippen LogP contribution in [0.15, 0.2) is 54.6 Å². The van der Waals surface area contributed by atoms with Gasteiger partial charge in [-0.15, -0.1) is 0 Å². The lowest BCUT2D eigenvalue weighted by molar-refractivity contribution is 0.102. The topological polar surface area (TPSA) is 68.4 Å². The molecule has 23 heavy (non-hydrogen) atoms. The van der Waals surface area contributed by atoms with Crippen molar-refractivity contribution in [1.82, 2.24) is 4.98 Å². The van der Waals surface area contributed by atoms with Crippen LogP contribution in [0, 0.1) is 0 Å². The number of likely N-dealkylation sites (N-methyl/N-ethyl adjacent to an activating group) is 1. The summed E-state index contributed by atoms with van der Waals surface area (Å²) in [6, 6.07) is 17.2. The first-order valence-electron chi connectivity index (χ1n) is 7.48. The summed E-state index contributed by atoms with van der Waals surface area (Å²) in [4.78, 5) is 17.4. The van der Waals surface area contributed by atoms with E-state index in [-0.39, 0.29) is 12.5 Å². The molecule has 3 rings (SSSR count). The second kappa shape index (κ2) is 6.54. The maximum atomic E-state index is 12.3. The maximum Gasteiger partial charge on any atom is 0.272 e. The number of fused-ring (bicyclic) bond motifs is 1. The van der Waals surface area contributed by atoms with Gasteiger partial charge in [-0.2, -0.15) is 0 Å². The molecule has 3 N–H and O–H groups in total. The number of hydrogen-bond donors (Lipinski definition) is 3. The van der Waals surface area contributed by atoms with Gasteiger partial charge in [0.2, 0.25) is 0 Å². The van der Waals surface area contributed by atoms with Gasteiger partial charge in [0.25, 0.3) is 5.91 Å². The van der Waals surface area contributed by atoms with Crippen molar-refractivity contribution in [2.24, 2.45) is 0 Å². The number of amides is 1. The van der Waals surface area contributed by atoms with Crippen molar-refractivity contribution in [3.8, 4) is 0 Å². The fourth-order valence-electron chi connectivity index (χ4n) is 2.47. The molecule has 118 valence electrons. The van der Waals surface area contributed by atoms with Gasteiger partial charge in [-0.3, -0.25) is 4.79 Å². The Labute approximate surface area is 134 Å². The molecular formula is C18H19N3O2. The van der Waals surface area contributed by atoms with E-state index in [1.165, 1.54) is 0 Å². The monoisotopic (exact) mass is 309 g/mol. The van der Waals surface area contributed by atoms with E-state index in [9.17, 15) is 4.79 Å². The van der Waals surface area contributed by atoms with Crippen molar-refractivity contribution >= 4 is 28.2 Å². The molecule has 0 saturated heterocycles. The van der Waals surface area contributed by atoms with Crippen LogP contribution in [0.1, 0.15) is 10.5 Å². The summed E-state index contributed by atoms with van der Waals surface area (Å²) >= 11 is 0. The Morgan fingerprint density at radius 3 is 2.61 bits per heavy atom. The molecule has 5 nitrogen and oxygen atoms in total. The van der Waals surface area contributed by atoms with Crippen molar-refractivity contribution in [2.75, 3.05) is 30.4 Å². The van der Waals surface area contributed by atoms with Gasteiger partial charge in [-0.1, -0.05) is 18.2 Å². The Hall–Kier alpha value is -2.79. The Morgan fingerprint density at radius 1 is 1.17 bits per heavy atom. The van der Waals surface area contributed by atoms with Crippen molar-refractivity contribution in [3.05, 3.63) is 60.3 Å². The minimum atomic E-state index is -0.169. The molecule has 0 aliphatic rings. The highest BCUT2D eigenvalue weighted by Gasteiger charge is 2.09. The van der Waals surface area contributed by atoms with Crippen molar-refractivity contribution in [1.29, 1.82) is 0 Å². The Bertz CT molecular complexity index is 776. The number of carbonyl (C=O) groups excluding carboxylic acids is 1. The summed E-state index contributed by atoms with van der Waals surface area (Å²) in [5.74, 6) is -0.169. The van der Waals surface area contributed by atoms with Gasteiger partial charge in [0.15, 0.2) is 0 Å². The molecule has 0 aliphatic carbocycles. The van der Waals surface area contributed by atoms with Crippen LogP contribution in [0.25, 0.3) is 10.9 Å². The highest BCUT2D eigenvalue weighted by molar-refractivity contribution is 6.05. The van der Waals surface area contributed by atoms with E-state index < -0.39 is 0 Å². The number of carbonyl (C=O) groups is 1. The van der Waals surface area contributed by atoms with Crippen molar-refractivity contribution in [3.63, 3.8) is 0 Å². The number of H-pyrrole nitrogens is 1. The zero-order chi connectivity index (χ0) is 16.2. The minimum Gasteiger partial charge on any atom is -0.395 e. The quantitative estimate of drug-likeness (QED) is 0.679. The fraction of sp³-hybridized carbons (Fsp3) is 0.167. The van der Waals surface area contributed by atoms with Gasteiger partial charge in [0, 0.05) is 35.9 Å². The Kier molecular flexibility index (Phi) is 4.30. The molecule has 0 radical (unpaired) electrons. The second-order valence-corrected chi connectivity index (χ2v) is 5.42. The third kappa shape index (κ3) is 3.35. The standard InChI is InChI=1S/C18H19N3O2/c1-21(10-11-22)15-8-6-14(7-9-15)19-18(23)17-12-13-4-2-3-5-16(13)20-17/h2-9,12,20,22H,10-11H2,1H3,(H,19,23). The van der Waals surface area contributed by atoms with Crippen LogP contribution in [-0.2, 0) is 0 Å². The zero-order valence-corrected chi connectivity index (χ0v) is 12.9. The van der Waals surface area contributed by atoms with E-state index in [1.54, 1.807) is 0 Å². The third-order valence-corrected chi connectivity index (χ3v) is 3.78. The molecule has 2 aromatic carbocycles. The SMILES string of the molecule is CN(CCO)c1ccc(NC(=O)c2cc3ccccc3[nH]2)cc1. The van der Waals surface area contributed by atoms with Crippen LogP contribution in [-0.4, -0.2) is 36.2 Å². The number of aliphatic hydroxyl groups excluding tert-OH is 1. The lowest BCUT2D eigenvalue weighted by Crippen LogP contribution is -2.21. The molecule has 1 aromatic heterocycles. The third-order valence-electron chi connectivity index (χ3n) is 3.78. The van der Waals surface area contributed by atoms with Gasteiger partial charge in [-0.05, 0) is 36.4 Å². The molecule has 3 aromatic rings. The molecule has 1 heterocycles.